The molecule has 6 nitrogen and oxygen atoms in total. The van der Waals surface area contributed by atoms with Gasteiger partial charge < -0.3 is 9.73 Å². The van der Waals surface area contributed by atoms with Crippen LogP contribution >= 0.6 is 11.6 Å². The molecule has 1 aliphatic rings. The van der Waals surface area contributed by atoms with E-state index in [9.17, 15) is 9.59 Å². The highest BCUT2D eigenvalue weighted by atomic mass is 35.5. The largest absolute Gasteiger partial charge is 0.420 e. The van der Waals surface area contributed by atoms with Crippen LogP contribution in [-0.2, 0) is 4.79 Å². The first-order chi connectivity index (χ1) is 11.7. The van der Waals surface area contributed by atoms with Crippen LogP contribution in [0.5, 0.6) is 0 Å². The Bertz CT molecular complexity index is 834. The van der Waals surface area contributed by atoms with Crippen LogP contribution in [0.15, 0.2) is 27.4 Å². The Balaban J connectivity index is 1.78. The van der Waals surface area contributed by atoms with Crippen molar-refractivity contribution in [2.24, 2.45) is 0 Å². The van der Waals surface area contributed by atoms with E-state index < -0.39 is 0 Å². The van der Waals surface area contributed by atoms with Gasteiger partial charge in [-0.1, -0.05) is 11.6 Å². The highest BCUT2D eigenvalue weighted by Gasteiger charge is 2.27. The van der Waals surface area contributed by atoms with Crippen LogP contribution in [0.25, 0.3) is 11.1 Å². The standard InChI is InChI=1S/C18H24ClN3O3/c1-18(2,3)20-16(23)11-21-8-4-5-13(10-21)22-14-9-12(19)6-7-15(14)25-17(22)24/h6-7,9,13H,4-5,8,10-11H2,1-3H3,(H,20,23). The van der Waals surface area contributed by atoms with Gasteiger partial charge in [-0.25, -0.2) is 4.79 Å². The van der Waals surface area contributed by atoms with E-state index in [-0.39, 0.29) is 23.2 Å². The van der Waals surface area contributed by atoms with Gasteiger partial charge in [0.2, 0.25) is 5.91 Å². The zero-order chi connectivity index (χ0) is 18.2. The van der Waals surface area contributed by atoms with Gasteiger partial charge in [0.05, 0.1) is 18.1 Å². The van der Waals surface area contributed by atoms with Gasteiger partial charge in [0.1, 0.15) is 0 Å². The lowest BCUT2D eigenvalue weighted by molar-refractivity contribution is -0.124. The first kappa shape index (κ1) is 18.0. The summed E-state index contributed by atoms with van der Waals surface area (Å²) in [7, 11) is 0. The normalized spacial score (nSPS) is 19.3. The molecule has 0 radical (unpaired) electrons. The summed E-state index contributed by atoms with van der Waals surface area (Å²) >= 11 is 6.08. The highest BCUT2D eigenvalue weighted by molar-refractivity contribution is 6.31. The predicted octanol–water partition coefficient (Wildman–Crippen LogP) is 2.80. The number of amides is 1. The maximum absolute atomic E-state index is 12.3. The molecule has 3 rings (SSSR count). The summed E-state index contributed by atoms with van der Waals surface area (Å²) in [6, 6.07) is 5.16. The van der Waals surface area contributed by atoms with Gasteiger partial charge in [0, 0.05) is 17.1 Å². The van der Waals surface area contributed by atoms with Crippen LogP contribution in [-0.4, -0.2) is 40.5 Å². The molecular weight excluding hydrogens is 342 g/mol. The molecule has 1 saturated heterocycles. The lowest BCUT2D eigenvalue weighted by Crippen LogP contribution is -2.48. The monoisotopic (exact) mass is 365 g/mol. The van der Waals surface area contributed by atoms with Crippen LogP contribution < -0.4 is 11.1 Å². The van der Waals surface area contributed by atoms with Crippen LogP contribution in [0.3, 0.4) is 0 Å². The number of aromatic nitrogens is 1. The van der Waals surface area contributed by atoms with E-state index in [2.05, 4.69) is 10.2 Å². The molecule has 1 amide bonds. The molecule has 136 valence electrons. The predicted molar refractivity (Wildman–Crippen MR) is 98.1 cm³/mol. The van der Waals surface area contributed by atoms with Gasteiger partial charge in [-0.15, -0.1) is 0 Å². The van der Waals surface area contributed by atoms with Crippen molar-refractivity contribution < 1.29 is 9.21 Å². The highest BCUT2D eigenvalue weighted by Crippen LogP contribution is 2.26. The third-order valence-electron chi connectivity index (χ3n) is 4.30. The van der Waals surface area contributed by atoms with E-state index in [1.807, 2.05) is 20.8 Å². The Morgan fingerprint density at radius 2 is 2.16 bits per heavy atom. The molecule has 25 heavy (non-hydrogen) atoms. The number of likely N-dealkylation sites (tertiary alicyclic amines) is 1. The van der Waals surface area contributed by atoms with E-state index in [4.69, 9.17) is 16.0 Å². The van der Waals surface area contributed by atoms with E-state index in [1.54, 1.807) is 22.8 Å². The average molecular weight is 366 g/mol. The molecule has 0 saturated carbocycles. The molecule has 1 atom stereocenters. The number of carbonyl (C=O) groups excluding carboxylic acids is 1. The van der Waals surface area contributed by atoms with Crippen molar-refractivity contribution in [2.75, 3.05) is 19.6 Å². The Morgan fingerprint density at radius 3 is 2.88 bits per heavy atom. The number of oxazole rings is 1. The number of nitrogens with zero attached hydrogens (tertiary/aromatic N) is 2. The molecule has 2 aromatic rings. The molecule has 1 fully saturated rings. The minimum Gasteiger partial charge on any atom is -0.408 e. The quantitative estimate of drug-likeness (QED) is 0.908. The fourth-order valence-electron chi connectivity index (χ4n) is 3.40. The molecule has 1 aromatic carbocycles. The molecule has 1 aliphatic heterocycles. The molecule has 2 heterocycles. The van der Waals surface area contributed by atoms with Crippen molar-refractivity contribution in [3.8, 4) is 0 Å². The summed E-state index contributed by atoms with van der Waals surface area (Å²) in [4.78, 5) is 26.6. The van der Waals surface area contributed by atoms with Gasteiger partial charge in [-0.2, -0.15) is 0 Å². The van der Waals surface area contributed by atoms with Gasteiger partial charge in [-0.3, -0.25) is 14.3 Å². The number of carbonyl (C=O) groups is 1. The van der Waals surface area contributed by atoms with Crippen LogP contribution in [0.1, 0.15) is 39.7 Å². The lowest BCUT2D eigenvalue weighted by Gasteiger charge is -2.33. The third kappa shape index (κ3) is 4.25. The zero-order valence-corrected chi connectivity index (χ0v) is 15.6. The number of rotatable bonds is 3. The van der Waals surface area contributed by atoms with Gasteiger partial charge in [0.25, 0.3) is 0 Å². The second kappa shape index (κ2) is 6.84. The number of nitrogens with one attached hydrogen (secondary N) is 1. The Hall–Kier alpha value is -1.79. The molecule has 0 aliphatic carbocycles. The lowest BCUT2D eigenvalue weighted by atomic mass is 10.0. The van der Waals surface area contributed by atoms with Crippen molar-refractivity contribution in [3.05, 3.63) is 33.8 Å². The van der Waals surface area contributed by atoms with Gasteiger partial charge in [0.15, 0.2) is 5.58 Å². The molecule has 1 unspecified atom stereocenters. The summed E-state index contributed by atoms with van der Waals surface area (Å²) in [6.07, 6.45) is 1.80. The fourth-order valence-corrected chi connectivity index (χ4v) is 3.57. The minimum atomic E-state index is -0.372. The second-order valence-electron chi connectivity index (χ2n) is 7.68. The molecule has 7 heteroatoms. The van der Waals surface area contributed by atoms with Gasteiger partial charge in [-0.05, 0) is 58.4 Å². The second-order valence-corrected chi connectivity index (χ2v) is 8.12. The fraction of sp³-hybridized carbons (Fsp3) is 0.556. The topological polar surface area (TPSA) is 67.5 Å². The number of piperidine rings is 1. The summed E-state index contributed by atoms with van der Waals surface area (Å²) in [6.45, 7) is 7.71. The van der Waals surface area contributed by atoms with Crippen LogP contribution in [0.2, 0.25) is 5.02 Å². The summed E-state index contributed by atoms with van der Waals surface area (Å²) in [5.74, 6) is -0.371. The SMILES string of the molecule is CC(C)(C)NC(=O)CN1CCCC(n2c(=O)oc3ccc(Cl)cc32)C1. The maximum Gasteiger partial charge on any atom is 0.420 e. The third-order valence-corrected chi connectivity index (χ3v) is 4.54. The number of hydrogen-bond donors (Lipinski definition) is 1. The Morgan fingerprint density at radius 1 is 1.40 bits per heavy atom. The smallest absolute Gasteiger partial charge is 0.408 e. The van der Waals surface area contributed by atoms with Crippen LogP contribution in [0, 0.1) is 0 Å². The number of halogens is 1. The van der Waals surface area contributed by atoms with Crippen molar-refractivity contribution in [3.63, 3.8) is 0 Å². The first-order valence-corrected chi connectivity index (χ1v) is 8.95. The van der Waals surface area contributed by atoms with Gasteiger partial charge >= 0.3 is 5.76 Å². The Kier molecular flexibility index (Phi) is 4.93. The first-order valence-electron chi connectivity index (χ1n) is 8.57. The van der Waals surface area contributed by atoms with E-state index in [0.717, 1.165) is 19.4 Å². The number of hydrogen-bond acceptors (Lipinski definition) is 4. The maximum atomic E-state index is 12.3. The summed E-state index contributed by atoms with van der Waals surface area (Å²) in [5, 5.41) is 3.55. The average Bonchev–Trinajstić information content (AvgIpc) is 2.80. The molecule has 1 aromatic heterocycles. The van der Waals surface area contributed by atoms with E-state index >= 15 is 0 Å². The van der Waals surface area contributed by atoms with E-state index in [1.165, 1.54) is 0 Å². The van der Waals surface area contributed by atoms with Crippen molar-refractivity contribution in [1.29, 1.82) is 0 Å². The van der Waals surface area contributed by atoms with Crippen LogP contribution in [0.4, 0.5) is 0 Å². The number of benzene rings is 1. The number of fused-ring (bicyclic) bond motifs is 1. The molecular formula is C18H24ClN3O3. The molecule has 1 N–H and O–H groups in total. The summed E-state index contributed by atoms with van der Waals surface area (Å²) in [5.41, 5.74) is 1.00. The van der Waals surface area contributed by atoms with E-state index in [0.29, 0.717) is 29.2 Å². The Labute approximate surface area is 151 Å². The minimum absolute atomic E-state index is 0.000549. The zero-order valence-electron chi connectivity index (χ0n) is 14.8. The van der Waals surface area contributed by atoms with Crippen molar-refractivity contribution in [1.82, 2.24) is 14.8 Å². The van der Waals surface area contributed by atoms with Crippen molar-refractivity contribution in [2.45, 2.75) is 45.2 Å². The molecule has 0 bridgehead atoms. The molecule has 0 spiro atoms. The summed E-state index contributed by atoms with van der Waals surface area (Å²) < 4.78 is 7.02. The van der Waals surface area contributed by atoms with Crippen molar-refractivity contribution >= 4 is 28.6 Å².